The fourth-order valence-corrected chi connectivity index (χ4v) is 3.09. The summed E-state index contributed by atoms with van der Waals surface area (Å²) < 4.78 is 21.2. The Balaban J connectivity index is 1.92. The molecule has 2 aromatic carbocycles. The molecule has 2 aromatic rings. The van der Waals surface area contributed by atoms with Crippen molar-refractivity contribution in [3.63, 3.8) is 0 Å². The minimum atomic E-state index is -0.501. The van der Waals surface area contributed by atoms with Gasteiger partial charge in [-0.15, -0.1) is 0 Å². The fourth-order valence-electron chi connectivity index (χ4n) is 3.09. The van der Waals surface area contributed by atoms with Gasteiger partial charge in [-0.3, -0.25) is 4.79 Å². The van der Waals surface area contributed by atoms with Crippen LogP contribution in [0.1, 0.15) is 15.9 Å². The number of hydrogen-bond acceptors (Lipinski definition) is 7. The van der Waals surface area contributed by atoms with E-state index >= 15 is 0 Å². The lowest BCUT2D eigenvalue weighted by molar-refractivity contribution is 0.0820. The molecule has 26 heavy (non-hydrogen) atoms. The molecule has 138 valence electrons. The van der Waals surface area contributed by atoms with Crippen molar-refractivity contribution in [2.45, 2.75) is 6.42 Å². The summed E-state index contributed by atoms with van der Waals surface area (Å²) in [4.78, 5) is 12.9. The molecule has 1 heterocycles. The van der Waals surface area contributed by atoms with Gasteiger partial charge in [0.05, 0.1) is 33.9 Å². The lowest BCUT2D eigenvalue weighted by atomic mass is 9.88. The van der Waals surface area contributed by atoms with Gasteiger partial charge in [0.2, 0.25) is 5.75 Å². The molecule has 0 bridgehead atoms. The highest BCUT2D eigenvalue weighted by Crippen LogP contribution is 2.47. The van der Waals surface area contributed by atoms with Crippen LogP contribution in [-0.4, -0.2) is 43.9 Å². The van der Waals surface area contributed by atoms with Gasteiger partial charge in [0.1, 0.15) is 11.3 Å². The minimum absolute atomic E-state index is 0.00355. The summed E-state index contributed by atoms with van der Waals surface area (Å²) in [6, 6.07) is 6.30. The maximum absolute atomic E-state index is 12.9. The van der Waals surface area contributed by atoms with Gasteiger partial charge in [-0.1, -0.05) is 6.07 Å². The summed E-state index contributed by atoms with van der Waals surface area (Å²) in [5.74, 6) is 0.139. The second-order valence-electron chi connectivity index (χ2n) is 5.92. The van der Waals surface area contributed by atoms with E-state index in [-0.39, 0.29) is 46.7 Å². The van der Waals surface area contributed by atoms with Crippen LogP contribution in [0.4, 0.5) is 0 Å². The van der Waals surface area contributed by atoms with Crippen molar-refractivity contribution in [2.24, 2.45) is 5.92 Å². The molecule has 7 nitrogen and oxygen atoms in total. The molecule has 2 N–H and O–H groups in total. The number of carbonyl (C=O) groups is 1. The Morgan fingerprint density at radius 2 is 1.77 bits per heavy atom. The summed E-state index contributed by atoms with van der Waals surface area (Å²) in [6.45, 7) is 0.127. The Morgan fingerprint density at radius 1 is 1.04 bits per heavy atom. The van der Waals surface area contributed by atoms with Gasteiger partial charge in [-0.25, -0.2) is 0 Å². The van der Waals surface area contributed by atoms with Crippen LogP contribution in [0, 0.1) is 5.92 Å². The van der Waals surface area contributed by atoms with Gasteiger partial charge in [0.25, 0.3) is 0 Å². The summed E-state index contributed by atoms with van der Waals surface area (Å²) in [5.41, 5.74) is 0.838. The van der Waals surface area contributed by atoms with Crippen molar-refractivity contribution >= 4 is 5.78 Å². The van der Waals surface area contributed by atoms with Crippen LogP contribution in [0.3, 0.4) is 0 Å². The lowest BCUT2D eigenvalue weighted by Crippen LogP contribution is -2.30. The molecular weight excluding hydrogens is 340 g/mol. The number of hydrogen-bond donors (Lipinski definition) is 2. The van der Waals surface area contributed by atoms with Crippen LogP contribution in [0.5, 0.6) is 34.5 Å². The number of benzene rings is 2. The van der Waals surface area contributed by atoms with Crippen molar-refractivity contribution in [1.82, 2.24) is 0 Å². The van der Waals surface area contributed by atoms with Crippen LogP contribution < -0.4 is 18.9 Å². The van der Waals surface area contributed by atoms with Crippen LogP contribution >= 0.6 is 0 Å². The zero-order chi connectivity index (χ0) is 18.8. The van der Waals surface area contributed by atoms with Crippen molar-refractivity contribution in [1.29, 1.82) is 0 Å². The van der Waals surface area contributed by atoms with E-state index in [4.69, 9.17) is 18.9 Å². The van der Waals surface area contributed by atoms with Gasteiger partial charge in [-0.2, -0.15) is 0 Å². The molecule has 0 saturated heterocycles. The van der Waals surface area contributed by atoms with Crippen LogP contribution in [0.2, 0.25) is 0 Å². The Labute approximate surface area is 150 Å². The third-order valence-corrected chi connectivity index (χ3v) is 4.38. The molecule has 0 amide bonds. The number of carbonyl (C=O) groups excluding carboxylic acids is 1. The number of phenolic OH excluding ortho intramolecular Hbond substituents is 2. The average Bonchev–Trinajstić information content (AvgIpc) is 2.63. The number of aromatic hydroxyl groups is 2. The molecule has 1 aliphatic rings. The SMILES string of the molecule is COc1ccc(CC2COc3c(OC)c(OC)cc(O)c3C2=O)cc1O. The van der Waals surface area contributed by atoms with Crippen molar-refractivity contribution in [3.8, 4) is 34.5 Å². The summed E-state index contributed by atoms with van der Waals surface area (Å²) in [5, 5.41) is 20.2. The van der Waals surface area contributed by atoms with Gasteiger partial charge in [-0.05, 0) is 24.1 Å². The number of ketones is 1. The Morgan fingerprint density at radius 3 is 2.38 bits per heavy atom. The second-order valence-corrected chi connectivity index (χ2v) is 5.92. The molecule has 0 radical (unpaired) electrons. The first-order chi connectivity index (χ1) is 12.5. The molecule has 3 rings (SSSR count). The van der Waals surface area contributed by atoms with Crippen molar-refractivity contribution < 1.29 is 34.0 Å². The summed E-state index contributed by atoms with van der Waals surface area (Å²) in [6.07, 6.45) is 0.351. The molecular formula is C19H20O7. The van der Waals surface area contributed by atoms with E-state index in [0.29, 0.717) is 12.2 Å². The van der Waals surface area contributed by atoms with Gasteiger partial charge in [0.15, 0.2) is 28.8 Å². The largest absolute Gasteiger partial charge is 0.507 e. The van der Waals surface area contributed by atoms with Gasteiger partial charge >= 0.3 is 0 Å². The number of phenols is 2. The van der Waals surface area contributed by atoms with E-state index in [0.717, 1.165) is 5.56 Å². The third kappa shape index (κ3) is 2.96. The second kappa shape index (κ2) is 7.03. The van der Waals surface area contributed by atoms with Gasteiger partial charge in [0, 0.05) is 6.07 Å². The third-order valence-electron chi connectivity index (χ3n) is 4.38. The molecule has 1 atom stereocenters. The maximum Gasteiger partial charge on any atom is 0.204 e. The molecule has 0 saturated carbocycles. The van der Waals surface area contributed by atoms with Crippen molar-refractivity contribution in [3.05, 3.63) is 35.4 Å². The highest BCUT2D eigenvalue weighted by molar-refractivity contribution is 6.05. The van der Waals surface area contributed by atoms with E-state index < -0.39 is 5.92 Å². The Kier molecular flexibility index (Phi) is 4.79. The summed E-state index contributed by atoms with van der Waals surface area (Å²) in [7, 11) is 4.34. The van der Waals surface area contributed by atoms with E-state index in [2.05, 4.69) is 0 Å². The van der Waals surface area contributed by atoms with E-state index in [1.807, 2.05) is 0 Å². The van der Waals surface area contributed by atoms with E-state index in [1.54, 1.807) is 18.2 Å². The number of rotatable bonds is 5. The molecule has 0 aliphatic carbocycles. The molecule has 1 aliphatic heterocycles. The number of ether oxygens (including phenoxy) is 4. The molecule has 1 unspecified atom stereocenters. The molecule has 0 spiro atoms. The van der Waals surface area contributed by atoms with E-state index in [1.165, 1.54) is 27.4 Å². The quantitative estimate of drug-likeness (QED) is 0.846. The first-order valence-electron chi connectivity index (χ1n) is 8.01. The maximum atomic E-state index is 12.9. The summed E-state index contributed by atoms with van der Waals surface area (Å²) >= 11 is 0. The smallest absolute Gasteiger partial charge is 0.204 e. The minimum Gasteiger partial charge on any atom is -0.507 e. The number of Topliss-reactive ketones (excluding diaryl/α,β-unsaturated/α-hetero) is 1. The molecule has 7 heteroatoms. The van der Waals surface area contributed by atoms with Crippen molar-refractivity contribution in [2.75, 3.05) is 27.9 Å². The monoisotopic (exact) mass is 360 g/mol. The number of fused-ring (bicyclic) bond motifs is 1. The topological polar surface area (TPSA) is 94.5 Å². The molecule has 0 aromatic heterocycles. The Bertz CT molecular complexity index is 844. The predicted molar refractivity (Wildman–Crippen MR) is 92.9 cm³/mol. The lowest BCUT2D eigenvalue weighted by Gasteiger charge is -2.27. The highest BCUT2D eigenvalue weighted by atomic mass is 16.5. The molecule has 0 fully saturated rings. The van der Waals surface area contributed by atoms with Gasteiger partial charge < -0.3 is 29.2 Å². The normalized spacial score (nSPS) is 15.8. The van der Waals surface area contributed by atoms with Crippen LogP contribution in [-0.2, 0) is 6.42 Å². The van der Waals surface area contributed by atoms with Crippen LogP contribution in [0.15, 0.2) is 24.3 Å². The highest BCUT2D eigenvalue weighted by Gasteiger charge is 2.35. The first kappa shape index (κ1) is 17.7. The fraction of sp³-hybridized carbons (Fsp3) is 0.316. The standard InChI is InChI=1S/C19H20O7/c1-23-14-5-4-10(7-12(14)20)6-11-9-26-19-16(17(11)22)13(21)8-15(24-2)18(19)25-3/h4-5,7-8,11,20-21H,6,9H2,1-3H3. The van der Waals surface area contributed by atoms with Crippen LogP contribution in [0.25, 0.3) is 0 Å². The number of methoxy groups -OCH3 is 3. The van der Waals surface area contributed by atoms with E-state index in [9.17, 15) is 15.0 Å². The average molecular weight is 360 g/mol. The first-order valence-corrected chi connectivity index (χ1v) is 8.01. The Hall–Kier alpha value is -3.09. The predicted octanol–water partition coefficient (Wildman–Crippen LogP) is 2.56. The zero-order valence-corrected chi connectivity index (χ0v) is 14.7. The zero-order valence-electron chi connectivity index (χ0n) is 14.7.